The van der Waals surface area contributed by atoms with Crippen molar-refractivity contribution in [3.05, 3.63) is 40.4 Å². The van der Waals surface area contributed by atoms with Gasteiger partial charge in [-0.05, 0) is 31.5 Å². The molecule has 1 amide bonds. The zero-order valence-electron chi connectivity index (χ0n) is 12.6. The van der Waals surface area contributed by atoms with Gasteiger partial charge in [-0.3, -0.25) is 14.2 Å². The molecule has 0 spiro atoms. The van der Waals surface area contributed by atoms with Gasteiger partial charge in [0.15, 0.2) is 0 Å². The monoisotopic (exact) mass is 300 g/mol. The molecular formula is C16H20N4O2. The third kappa shape index (κ3) is 3.01. The fourth-order valence-electron chi connectivity index (χ4n) is 2.80. The molecule has 1 aliphatic rings. The molecule has 6 heteroatoms. The Bertz CT molecular complexity index is 747. The van der Waals surface area contributed by atoms with Crippen LogP contribution in [0.4, 0.5) is 0 Å². The Labute approximate surface area is 128 Å². The Kier molecular flexibility index (Phi) is 4.20. The molecule has 0 saturated carbocycles. The van der Waals surface area contributed by atoms with Crippen LogP contribution in [0.5, 0.6) is 0 Å². The van der Waals surface area contributed by atoms with Crippen LogP contribution >= 0.6 is 0 Å². The number of rotatable bonds is 4. The summed E-state index contributed by atoms with van der Waals surface area (Å²) in [6, 6.07) is 5.77. The minimum Gasteiger partial charge on any atom is -0.352 e. The van der Waals surface area contributed by atoms with Gasteiger partial charge in [0.1, 0.15) is 0 Å². The highest BCUT2D eigenvalue weighted by molar-refractivity contribution is 5.80. The summed E-state index contributed by atoms with van der Waals surface area (Å²) in [7, 11) is 0. The first-order valence-electron chi connectivity index (χ1n) is 7.60. The van der Waals surface area contributed by atoms with Gasteiger partial charge in [-0.2, -0.15) is 0 Å². The Hall–Kier alpha value is -2.21. The van der Waals surface area contributed by atoms with Gasteiger partial charge in [0.05, 0.1) is 17.2 Å². The average Bonchev–Trinajstić information content (AvgIpc) is 3.00. The molecule has 1 fully saturated rings. The van der Waals surface area contributed by atoms with Crippen molar-refractivity contribution >= 4 is 16.8 Å². The van der Waals surface area contributed by atoms with Crippen molar-refractivity contribution in [2.75, 3.05) is 13.1 Å². The molecule has 0 radical (unpaired) electrons. The van der Waals surface area contributed by atoms with E-state index in [1.54, 1.807) is 6.07 Å². The van der Waals surface area contributed by atoms with Gasteiger partial charge in [0.2, 0.25) is 5.91 Å². The van der Waals surface area contributed by atoms with E-state index in [9.17, 15) is 9.59 Å². The van der Waals surface area contributed by atoms with Crippen LogP contribution in [0.2, 0.25) is 0 Å². The van der Waals surface area contributed by atoms with E-state index in [1.807, 2.05) is 19.1 Å². The number of nitrogens with zero attached hydrogens (tertiary/aromatic N) is 2. The minimum absolute atomic E-state index is 0.0232. The van der Waals surface area contributed by atoms with E-state index < -0.39 is 0 Å². The number of hydrogen-bond acceptors (Lipinski definition) is 4. The van der Waals surface area contributed by atoms with Gasteiger partial charge in [0, 0.05) is 25.6 Å². The zero-order valence-corrected chi connectivity index (χ0v) is 12.6. The maximum Gasteiger partial charge on any atom is 0.261 e. The second kappa shape index (κ2) is 6.27. The number of para-hydroxylation sites is 1. The van der Waals surface area contributed by atoms with Gasteiger partial charge in [-0.1, -0.05) is 12.1 Å². The standard InChI is InChI=1S/C16H20N4O2/c1-11-3-2-4-13-15(11)18-10-20(16(13)22)8-6-14(21)19-12-5-7-17-9-12/h2-4,10,12,17H,5-9H2,1H3,(H,19,21). The van der Waals surface area contributed by atoms with Crippen molar-refractivity contribution in [1.29, 1.82) is 0 Å². The third-order valence-electron chi connectivity index (χ3n) is 4.06. The number of nitrogens with one attached hydrogen (secondary N) is 2. The first-order chi connectivity index (χ1) is 10.6. The summed E-state index contributed by atoms with van der Waals surface area (Å²) in [4.78, 5) is 28.7. The highest BCUT2D eigenvalue weighted by Gasteiger charge is 2.16. The lowest BCUT2D eigenvalue weighted by atomic mass is 10.1. The first kappa shape index (κ1) is 14.7. The summed E-state index contributed by atoms with van der Waals surface area (Å²) < 4.78 is 1.51. The molecule has 2 N–H and O–H groups in total. The fraction of sp³-hybridized carbons (Fsp3) is 0.438. The van der Waals surface area contributed by atoms with Crippen molar-refractivity contribution in [2.45, 2.75) is 32.4 Å². The maximum atomic E-state index is 12.4. The van der Waals surface area contributed by atoms with Crippen LogP contribution in [0.25, 0.3) is 10.9 Å². The normalized spacial score (nSPS) is 17.8. The Morgan fingerprint density at radius 1 is 1.50 bits per heavy atom. The van der Waals surface area contributed by atoms with Crippen LogP contribution in [0.3, 0.4) is 0 Å². The molecule has 0 aliphatic carbocycles. The Balaban J connectivity index is 1.70. The Morgan fingerprint density at radius 2 is 2.36 bits per heavy atom. The number of aromatic nitrogens is 2. The second-order valence-corrected chi connectivity index (χ2v) is 5.72. The molecule has 1 atom stereocenters. The molecule has 2 heterocycles. The summed E-state index contributed by atoms with van der Waals surface area (Å²) in [5.41, 5.74) is 1.61. The quantitative estimate of drug-likeness (QED) is 0.866. The molecule has 1 unspecified atom stereocenters. The smallest absolute Gasteiger partial charge is 0.261 e. The van der Waals surface area contributed by atoms with Gasteiger partial charge < -0.3 is 10.6 Å². The van der Waals surface area contributed by atoms with Gasteiger partial charge >= 0.3 is 0 Å². The number of amides is 1. The number of benzene rings is 1. The van der Waals surface area contributed by atoms with Crippen LogP contribution < -0.4 is 16.2 Å². The lowest BCUT2D eigenvalue weighted by Gasteiger charge is -2.12. The SMILES string of the molecule is Cc1cccc2c(=O)n(CCC(=O)NC3CCNC3)cnc12. The molecule has 6 nitrogen and oxygen atoms in total. The largest absolute Gasteiger partial charge is 0.352 e. The van der Waals surface area contributed by atoms with Crippen LogP contribution in [0.15, 0.2) is 29.3 Å². The number of fused-ring (bicyclic) bond motifs is 1. The molecule has 3 rings (SSSR count). The number of carbonyl (C=O) groups is 1. The summed E-state index contributed by atoms with van der Waals surface area (Å²) >= 11 is 0. The summed E-state index contributed by atoms with van der Waals surface area (Å²) in [5.74, 6) is -0.0232. The minimum atomic E-state index is -0.0935. The summed E-state index contributed by atoms with van der Waals surface area (Å²) in [6.07, 6.45) is 2.78. The van der Waals surface area contributed by atoms with Crippen LogP contribution in [-0.2, 0) is 11.3 Å². The molecule has 0 bridgehead atoms. The average molecular weight is 300 g/mol. The Morgan fingerprint density at radius 3 is 3.14 bits per heavy atom. The van der Waals surface area contributed by atoms with E-state index in [2.05, 4.69) is 15.6 Å². The molecule has 1 aromatic heterocycles. The predicted molar refractivity (Wildman–Crippen MR) is 84.8 cm³/mol. The first-order valence-corrected chi connectivity index (χ1v) is 7.60. The lowest BCUT2D eigenvalue weighted by Crippen LogP contribution is -2.37. The molecule has 1 saturated heterocycles. The van der Waals surface area contributed by atoms with E-state index in [0.29, 0.717) is 11.9 Å². The van der Waals surface area contributed by atoms with Crippen LogP contribution in [-0.4, -0.2) is 34.6 Å². The number of carbonyl (C=O) groups excluding carboxylic acids is 1. The molecule has 2 aromatic rings. The molecular weight excluding hydrogens is 280 g/mol. The van der Waals surface area contributed by atoms with Crippen molar-refractivity contribution < 1.29 is 4.79 Å². The van der Waals surface area contributed by atoms with Crippen LogP contribution in [0.1, 0.15) is 18.4 Å². The molecule has 1 aromatic carbocycles. The second-order valence-electron chi connectivity index (χ2n) is 5.72. The van der Waals surface area contributed by atoms with E-state index in [4.69, 9.17) is 0 Å². The van der Waals surface area contributed by atoms with E-state index in [-0.39, 0.29) is 23.9 Å². The van der Waals surface area contributed by atoms with Gasteiger partial charge in [-0.25, -0.2) is 4.98 Å². The van der Waals surface area contributed by atoms with Gasteiger partial charge in [0.25, 0.3) is 5.56 Å². The fourth-order valence-corrected chi connectivity index (χ4v) is 2.80. The van der Waals surface area contributed by atoms with Crippen LogP contribution in [0, 0.1) is 6.92 Å². The highest BCUT2D eigenvalue weighted by Crippen LogP contribution is 2.11. The van der Waals surface area contributed by atoms with E-state index in [1.165, 1.54) is 10.9 Å². The van der Waals surface area contributed by atoms with Crippen molar-refractivity contribution in [1.82, 2.24) is 20.2 Å². The van der Waals surface area contributed by atoms with E-state index in [0.717, 1.165) is 30.6 Å². The summed E-state index contributed by atoms with van der Waals surface area (Å²) in [6.45, 7) is 4.05. The lowest BCUT2D eigenvalue weighted by molar-refractivity contribution is -0.121. The molecule has 116 valence electrons. The number of hydrogen-bond donors (Lipinski definition) is 2. The number of aryl methyl sites for hydroxylation is 2. The zero-order chi connectivity index (χ0) is 15.5. The molecule has 22 heavy (non-hydrogen) atoms. The molecule has 1 aliphatic heterocycles. The van der Waals surface area contributed by atoms with Crippen molar-refractivity contribution in [3.8, 4) is 0 Å². The highest BCUT2D eigenvalue weighted by atomic mass is 16.2. The van der Waals surface area contributed by atoms with Crippen molar-refractivity contribution in [2.24, 2.45) is 0 Å². The van der Waals surface area contributed by atoms with Crippen molar-refractivity contribution in [3.63, 3.8) is 0 Å². The topological polar surface area (TPSA) is 76.0 Å². The third-order valence-corrected chi connectivity index (χ3v) is 4.06. The van der Waals surface area contributed by atoms with Gasteiger partial charge in [-0.15, -0.1) is 0 Å². The van der Waals surface area contributed by atoms with E-state index >= 15 is 0 Å². The maximum absolute atomic E-state index is 12.4. The predicted octanol–water partition coefficient (Wildman–Crippen LogP) is 0.573. The summed E-state index contributed by atoms with van der Waals surface area (Å²) in [5, 5.41) is 6.78.